The third-order valence-electron chi connectivity index (χ3n) is 10.2. The fourth-order valence-corrected chi connectivity index (χ4v) is 7.01. The van der Waals surface area contributed by atoms with Crippen LogP contribution in [0.15, 0.2) is 85.1 Å². The molecule has 1 aromatic heterocycles. The smallest absolute Gasteiger partial charge is 0.245 e. The third kappa shape index (κ3) is 11.7. The molecule has 15 nitrogen and oxygen atoms in total. The van der Waals surface area contributed by atoms with Gasteiger partial charge in [-0.05, 0) is 66.6 Å². The molecule has 1 saturated heterocycles. The van der Waals surface area contributed by atoms with Crippen LogP contribution in [0.4, 0.5) is 0 Å². The topological polar surface area (TPSA) is 228 Å². The first-order valence-electron chi connectivity index (χ1n) is 19.7. The molecule has 1 aliphatic heterocycles. The van der Waals surface area contributed by atoms with Crippen LogP contribution in [0.25, 0.3) is 10.9 Å². The highest BCUT2D eigenvalue weighted by atomic mass is 16.3. The second kappa shape index (κ2) is 20.3. The molecule has 5 rings (SSSR count). The highest BCUT2D eigenvalue weighted by molar-refractivity contribution is 5.98. The van der Waals surface area contributed by atoms with Crippen LogP contribution < -0.4 is 32.3 Å². The number of hydrogen-bond donors (Lipinski definition) is 8. The van der Waals surface area contributed by atoms with Gasteiger partial charge in [-0.3, -0.25) is 28.8 Å². The van der Waals surface area contributed by atoms with E-state index in [1.165, 1.54) is 24.1 Å². The Balaban J connectivity index is 1.54. The first-order chi connectivity index (χ1) is 27.8. The number of rotatable bonds is 11. The molecule has 1 fully saturated rings. The maximum Gasteiger partial charge on any atom is 0.245 e. The molecule has 0 spiro atoms. The van der Waals surface area contributed by atoms with Crippen molar-refractivity contribution in [3.63, 3.8) is 0 Å². The molecule has 5 atom stereocenters. The minimum atomic E-state index is -1.23. The van der Waals surface area contributed by atoms with Gasteiger partial charge >= 0.3 is 0 Å². The predicted molar refractivity (Wildman–Crippen MR) is 219 cm³/mol. The molecule has 0 saturated carbocycles. The van der Waals surface area contributed by atoms with Crippen LogP contribution in [0, 0.1) is 5.92 Å². The predicted octanol–water partition coefficient (Wildman–Crippen LogP) is 1.58. The molecule has 58 heavy (non-hydrogen) atoms. The molecular weight excluding hydrogens is 741 g/mol. The first-order valence-corrected chi connectivity index (χ1v) is 19.7. The SMILES string of the molecule is CC(C)[C@@H]1NC(=O)[C@H](CCCCN)NC(=O)[C@@H](Cc2c[nH]c3ccccc23)NC(=O)[C@H](Cc2ccc(O)cc2)NC(=O)CN(C)C(=O)[C@H](Cc2ccccc2)NC1=O. The summed E-state index contributed by atoms with van der Waals surface area (Å²) < 4.78 is 0. The van der Waals surface area contributed by atoms with E-state index in [1.54, 1.807) is 44.3 Å². The van der Waals surface area contributed by atoms with Gasteiger partial charge in [0.15, 0.2) is 0 Å². The van der Waals surface area contributed by atoms with Crippen molar-refractivity contribution >= 4 is 46.3 Å². The Labute approximate surface area is 337 Å². The van der Waals surface area contributed by atoms with Crippen LogP contribution in [0.1, 0.15) is 49.8 Å². The number of aromatic nitrogens is 1. The van der Waals surface area contributed by atoms with E-state index in [4.69, 9.17) is 5.73 Å². The molecule has 1 aliphatic rings. The quantitative estimate of drug-likeness (QED) is 0.104. The van der Waals surface area contributed by atoms with Crippen LogP contribution in [-0.2, 0) is 48.0 Å². The summed E-state index contributed by atoms with van der Waals surface area (Å²) >= 11 is 0. The Morgan fingerprint density at radius 1 is 0.672 bits per heavy atom. The number of benzene rings is 3. The average Bonchev–Trinajstić information content (AvgIpc) is 3.61. The number of fused-ring (bicyclic) bond motifs is 1. The number of nitrogens with zero attached hydrogens (tertiary/aromatic N) is 1. The Kier molecular flexibility index (Phi) is 15.0. The highest BCUT2D eigenvalue weighted by Crippen LogP contribution is 2.20. The Morgan fingerprint density at radius 3 is 1.95 bits per heavy atom. The highest BCUT2D eigenvalue weighted by Gasteiger charge is 2.35. The van der Waals surface area contributed by atoms with Crippen molar-refractivity contribution in [3.05, 3.63) is 102 Å². The Hall–Kier alpha value is -6.22. The fourth-order valence-electron chi connectivity index (χ4n) is 7.01. The molecule has 9 N–H and O–H groups in total. The summed E-state index contributed by atoms with van der Waals surface area (Å²) in [4.78, 5) is 88.9. The normalized spacial score (nSPS) is 21.7. The van der Waals surface area contributed by atoms with E-state index in [0.717, 1.165) is 22.0 Å². The molecule has 0 radical (unpaired) electrons. The second-order valence-electron chi connectivity index (χ2n) is 15.1. The number of likely N-dealkylation sites (N-methyl/N-ethyl adjacent to an activating group) is 1. The lowest BCUT2D eigenvalue weighted by molar-refractivity contribution is -0.140. The summed E-state index contributed by atoms with van der Waals surface area (Å²) in [5.74, 6) is -4.20. The molecule has 6 amide bonds. The van der Waals surface area contributed by atoms with E-state index in [2.05, 4.69) is 31.6 Å². The lowest BCUT2D eigenvalue weighted by atomic mass is 9.99. The van der Waals surface area contributed by atoms with E-state index in [-0.39, 0.29) is 31.4 Å². The van der Waals surface area contributed by atoms with Gasteiger partial charge in [0, 0.05) is 43.4 Å². The van der Waals surface area contributed by atoms with E-state index in [0.29, 0.717) is 24.9 Å². The summed E-state index contributed by atoms with van der Waals surface area (Å²) in [6.45, 7) is 3.40. The van der Waals surface area contributed by atoms with Crippen LogP contribution in [-0.4, -0.2) is 101 Å². The standard InChI is InChI=1S/C43H54N8O7/c1-26(2)38-42(57)49-36(22-27-11-5-4-6-12-27)43(58)51(3)25-37(53)46-34(21-28-16-18-30(52)19-17-28)40(55)48-35(23-29-24-45-32-14-8-7-13-31(29)32)41(56)47-33(39(54)50-38)15-9-10-20-44/h4-8,11-14,16-19,24,26,33-36,38,45,52H,9-10,15,20-23,25,44H2,1-3H3,(H,46,53)(H,47,56)(H,48,55)(H,49,57)(H,50,54)/t33-,34-,35+,36-,38-/m0/s1. The van der Waals surface area contributed by atoms with Crippen molar-refractivity contribution in [1.29, 1.82) is 0 Å². The van der Waals surface area contributed by atoms with E-state index in [9.17, 15) is 33.9 Å². The number of phenols is 1. The van der Waals surface area contributed by atoms with E-state index < -0.39 is 78.1 Å². The van der Waals surface area contributed by atoms with Gasteiger partial charge in [0.1, 0.15) is 36.0 Å². The van der Waals surface area contributed by atoms with Gasteiger partial charge in [0.2, 0.25) is 35.4 Å². The van der Waals surface area contributed by atoms with Crippen LogP contribution in [0.3, 0.4) is 0 Å². The number of unbranched alkanes of at least 4 members (excludes halogenated alkanes) is 1. The van der Waals surface area contributed by atoms with Gasteiger partial charge in [-0.15, -0.1) is 0 Å². The zero-order chi connectivity index (χ0) is 41.8. The zero-order valence-electron chi connectivity index (χ0n) is 33.1. The van der Waals surface area contributed by atoms with Crippen LogP contribution in [0.5, 0.6) is 5.75 Å². The van der Waals surface area contributed by atoms with Gasteiger partial charge in [0.05, 0.1) is 6.54 Å². The van der Waals surface area contributed by atoms with E-state index in [1.807, 2.05) is 42.5 Å². The summed E-state index contributed by atoms with van der Waals surface area (Å²) in [5.41, 5.74) is 8.68. The Morgan fingerprint density at radius 2 is 1.26 bits per heavy atom. The number of carbonyl (C=O) groups is 6. The third-order valence-corrected chi connectivity index (χ3v) is 10.2. The number of para-hydroxylation sites is 1. The largest absolute Gasteiger partial charge is 0.508 e. The van der Waals surface area contributed by atoms with Crippen LogP contribution in [0.2, 0.25) is 0 Å². The molecule has 15 heteroatoms. The summed E-state index contributed by atoms with van der Waals surface area (Å²) in [7, 11) is 1.43. The number of nitrogens with one attached hydrogen (secondary N) is 6. The summed E-state index contributed by atoms with van der Waals surface area (Å²) in [6.07, 6.45) is 3.08. The second-order valence-corrected chi connectivity index (χ2v) is 15.1. The molecular formula is C43H54N8O7. The number of nitrogens with two attached hydrogens (primary N) is 1. The monoisotopic (exact) mass is 794 g/mol. The van der Waals surface area contributed by atoms with Gasteiger partial charge in [0.25, 0.3) is 0 Å². The minimum absolute atomic E-state index is 0.0134. The van der Waals surface area contributed by atoms with Gasteiger partial charge in [-0.2, -0.15) is 0 Å². The molecule has 0 aliphatic carbocycles. The van der Waals surface area contributed by atoms with Crippen molar-refractivity contribution in [3.8, 4) is 5.75 Å². The van der Waals surface area contributed by atoms with Gasteiger partial charge in [-0.25, -0.2) is 0 Å². The lowest BCUT2D eigenvalue weighted by Gasteiger charge is -2.30. The number of phenolic OH excluding ortho intramolecular Hbond substituents is 1. The summed E-state index contributed by atoms with van der Waals surface area (Å²) in [6, 6.07) is 16.9. The average molecular weight is 795 g/mol. The van der Waals surface area contributed by atoms with Crippen LogP contribution >= 0.6 is 0 Å². The molecule has 2 heterocycles. The maximum atomic E-state index is 14.4. The lowest BCUT2D eigenvalue weighted by Crippen LogP contribution is -2.61. The van der Waals surface area contributed by atoms with Crippen molar-refractivity contribution in [2.75, 3.05) is 20.1 Å². The van der Waals surface area contributed by atoms with Crippen molar-refractivity contribution in [2.45, 2.75) is 82.6 Å². The van der Waals surface area contributed by atoms with Crippen molar-refractivity contribution in [2.24, 2.45) is 11.7 Å². The first kappa shape index (κ1) is 42.9. The Bertz CT molecular complexity index is 2050. The number of hydrogen-bond acceptors (Lipinski definition) is 8. The number of H-pyrrole nitrogens is 1. The molecule has 308 valence electrons. The number of amides is 6. The van der Waals surface area contributed by atoms with Crippen molar-refractivity contribution < 1.29 is 33.9 Å². The molecule has 3 aromatic carbocycles. The minimum Gasteiger partial charge on any atom is -0.508 e. The van der Waals surface area contributed by atoms with E-state index >= 15 is 0 Å². The van der Waals surface area contributed by atoms with Crippen molar-refractivity contribution in [1.82, 2.24) is 36.5 Å². The number of carbonyl (C=O) groups excluding carboxylic acids is 6. The summed E-state index contributed by atoms with van der Waals surface area (Å²) in [5, 5.41) is 24.8. The van der Waals surface area contributed by atoms with Gasteiger partial charge in [-0.1, -0.05) is 74.5 Å². The maximum absolute atomic E-state index is 14.4. The molecule has 4 aromatic rings. The molecule has 0 bridgehead atoms. The fraction of sp³-hybridized carbons (Fsp3) is 0.395. The molecule has 0 unspecified atom stereocenters. The van der Waals surface area contributed by atoms with Gasteiger partial charge < -0.3 is 47.3 Å². The number of aromatic amines is 1. The number of aromatic hydroxyl groups is 1. The zero-order valence-corrected chi connectivity index (χ0v) is 33.1.